The molecule has 1 amide bonds. The van der Waals surface area contributed by atoms with Crippen molar-refractivity contribution in [2.45, 2.75) is 4.90 Å². The number of ether oxygens (including phenoxy) is 2. The van der Waals surface area contributed by atoms with Crippen molar-refractivity contribution in [2.75, 3.05) is 30.9 Å². The Bertz CT molecular complexity index is 1130. The van der Waals surface area contributed by atoms with Gasteiger partial charge in [-0.15, -0.1) is 0 Å². The zero-order valence-electron chi connectivity index (χ0n) is 16.8. The van der Waals surface area contributed by atoms with Gasteiger partial charge in [0.25, 0.3) is 15.9 Å². The molecule has 0 bridgehead atoms. The minimum atomic E-state index is -3.83. The molecule has 0 spiro atoms. The number of sulfonamides is 1. The van der Waals surface area contributed by atoms with Gasteiger partial charge in [-0.05, 0) is 48.5 Å². The molecule has 0 saturated heterocycles. The highest BCUT2D eigenvalue weighted by atomic mass is 32.2. The fourth-order valence-electron chi connectivity index (χ4n) is 2.82. The fourth-order valence-corrected chi connectivity index (χ4v) is 4.03. The van der Waals surface area contributed by atoms with E-state index in [0.717, 1.165) is 4.31 Å². The minimum Gasteiger partial charge on any atom is -0.493 e. The van der Waals surface area contributed by atoms with Gasteiger partial charge in [0.1, 0.15) is 0 Å². The van der Waals surface area contributed by atoms with Crippen molar-refractivity contribution in [1.82, 2.24) is 0 Å². The Labute approximate surface area is 175 Å². The molecular formula is C22H22N2O5S. The highest BCUT2D eigenvalue weighted by Crippen LogP contribution is 2.31. The molecule has 3 rings (SSSR count). The first-order valence-corrected chi connectivity index (χ1v) is 10.5. The Morgan fingerprint density at radius 3 is 2.10 bits per heavy atom. The highest BCUT2D eigenvalue weighted by Gasteiger charge is 2.23. The van der Waals surface area contributed by atoms with E-state index in [9.17, 15) is 13.2 Å². The summed E-state index contributed by atoms with van der Waals surface area (Å²) in [6.45, 7) is 0. The molecule has 3 aromatic rings. The van der Waals surface area contributed by atoms with Crippen LogP contribution < -0.4 is 19.1 Å². The Morgan fingerprint density at radius 1 is 0.867 bits per heavy atom. The van der Waals surface area contributed by atoms with Crippen LogP contribution in [0.5, 0.6) is 11.5 Å². The van der Waals surface area contributed by atoms with Crippen LogP contribution in [0.25, 0.3) is 0 Å². The number of anilines is 2. The first kappa shape index (κ1) is 21.2. The van der Waals surface area contributed by atoms with E-state index in [0.29, 0.717) is 28.4 Å². The number of para-hydroxylation sites is 1. The Morgan fingerprint density at radius 2 is 1.50 bits per heavy atom. The predicted octanol–water partition coefficient (Wildman–Crippen LogP) is 3.78. The first-order chi connectivity index (χ1) is 14.4. The van der Waals surface area contributed by atoms with E-state index in [1.54, 1.807) is 36.4 Å². The lowest BCUT2D eigenvalue weighted by Gasteiger charge is -2.20. The topological polar surface area (TPSA) is 84.9 Å². The van der Waals surface area contributed by atoms with Gasteiger partial charge in [0.15, 0.2) is 11.5 Å². The van der Waals surface area contributed by atoms with Gasteiger partial charge in [-0.2, -0.15) is 0 Å². The number of amides is 1. The summed E-state index contributed by atoms with van der Waals surface area (Å²) < 4.78 is 37.5. The molecule has 0 aliphatic carbocycles. The van der Waals surface area contributed by atoms with Gasteiger partial charge < -0.3 is 14.8 Å². The zero-order chi connectivity index (χ0) is 21.7. The van der Waals surface area contributed by atoms with Crippen LogP contribution in [0.2, 0.25) is 0 Å². The number of benzene rings is 3. The number of carbonyl (C=O) groups is 1. The molecule has 156 valence electrons. The number of nitrogens with one attached hydrogen (secondary N) is 1. The third-order valence-electron chi connectivity index (χ3n) is 4.54. The summed E-state index contributed by atoms with van der Waals surface area (Å²) in [7, 11) is 0.537. The van der Waals surface area contributed by atoms with Crippen LogP contribution in [0.1, 0.15) is 10.4 Å². The van der Waals surface area contributed by atoms with Crippen LogP contribution in [0, 0.1) is 0 Å². The van der Waals surface area contributed by atoms with Crippen molar-refractivity contribution in [3.63, 3.8) is 0 Å². The van der Waals surface area contributed by atoms with E-state index in [2.05, 4.69) is 5.32 Å². The molecule has 0 aromatic heterocycles. The summed E-state index contributed by atoms with van der Waals surface area (Å²) in [5.41, 5.74) is 1.51. The smallest absolute Gasteiger partial charge is 0.264 e. The van der Waals surface area contributed by atoms with E-state index in [1.165, 1.54) is 39.5 Å². The lowest BCUT2D eigenvalue weighted by Crippen LogP contribution is -2.26. The number of hydrogen-bond donors (Lipinski definition) is 1. The second kappa shape index (κ2) is 8.87. The number of rotatable bonds is 7. The van der Waals surface area contributed by atoms with Crippen LogP contribution in [0.15, 0.2) is 77.7 Å². The van der Waals surface area contributed by atoms with E-state index in [-0.39, 0.29) is 10.8 Å². The van der Waals surface area contributed by atoms with Gasteiger partial charge in [0, 0.05) is 24.4 Å². The average Bonchev–Trinajstić information content (AvgIpc) is 2.78. The Kier molecular flexibility index (Phi) is 6.27. The molecule has 8 heteroatoms. The van der Waals surface area contributed by atoms with E-state index in [1.807, 2.05) is 18.2 Å². The third kappa shape index (κ3) is 4.38. The van der Waals surface area contributed by atoms with E-state index < -0.39 is 10.0 Å². The van der Waals surface area contributed by atoms with Crippen LogP contribution >= 0.6 is 0 Å². The van der Waals surface area contributed by atoms with Crippen LogP contribution in [0.3, 0.4) is 0 Å². The standard InChI is InChI=1S/C22H22N2O5S/c1-24(30(26,27)19-13-14-20(28-2)21(15-19)29-3)18-11-9-16(10-12-18)22(25)23-17-7-5-4-6-8-17/h4-15H,1-3H3,(H,23,25). The Hall–Kier alpha value is -3.52. The largest absolute Gasteiger partial charge is 0.493 e. The molecule has 0 aliphatic heterocycles. The van der Waals surface area contributed by atoms with Gasteiger partial charge >= 0.3 is 0 Å². The van der Waals surface area contributed by atoms with Crippen molar-refractivity contribution in [3.05, 3.63) is 78.4 Å². The van der Waals surface area contributed by atoms with Gasteiger partial charge in [-0.3, -0.25) is 9.10 Å². The molecule has 0 radical (unpaired) electrons. The summed E-state index contributed by atoms with van der Waals surface area (Å²) in [6.07, 6.45) is 0. The van der Waals surface area contributed by atoms with Crippen LogP contribution in [-0.2, 0) is 10.0 Å². The van der Waals surface area contributed by atoms with Gasteiger partial charge in [-0.1, -0.05) is 18.2 Å². The number of methoxy groups -OCH3 is 2. The molecule has 0 atom stereocenters. The monoisotopic (exact) mass is 426 g/mol. The molecule has 0 aliphatic rings. The van der Waals surface area contributed by atoms with Crippen molar-refractivity contribution in [2.24, 2.45) is 0 Å². The molecule has 0 saturated carbocycles. The quantitative estimate of drug-likeness (QED) is 0.621. The van der Waals surface area contributed by atoms with E-state index in [4.69, 9.17) is 9.47 Å². The van der Waals surface area contributed by atoms with Crippen molar-refractivity contribution >= 4 is 27.3 Å². The summed E-state index contributed by atoms with van der Waals surface area (Å²) in [6, 6.07) is 19.8. The first-order valence-electron chi connectivity index (χ1n) is 9.04. The molecule has 0 heterocycles. The summed E-state index contributed by atoms with van der Waals surface area (Å²) >= 11 is 0. The van der Waals surface area contributed by atoms with Crippen molar-refractivity contribution in [1.29, 1.82) is 0 Å². The maximum atomic E-state index is 13.0. The predicted molar refractivity (Wildman–Crippen MR) is 116 cm³/mol. The second-order valence-electron chi connectivity index (χ2n) is 6.36. The summed E-state index contributed by atoms with van der Waals surface area (Å²) in [5, 5.41) is 2.79. The summed E-state index contributed by atoms with van der Waals surface area (Å²) in [5.74, 6) is 0.478. The van der Waals surface area contributed by atoms with Crippen molar-refractivity contribution in [3.8, 4) is 11.5 Å². The zero-order valence-corrected chi connectivity index (χ0v) is 17.6. The average molecular weight is 426 g/mol. The number of hydrogen-bond acceptors (Lipinski definition) is 5. The van der Waals surface area contributed by atoms with E-state index >= 15 is 0 Å². The molecule has 30 heavy (non-hydrogen) atoms. The molecule has 3 aromatic carbocycles. The lowest BCUT2D eigenvalue weighted by molar-refractivity contribution is 0.102. The SMILES string of the molecule is COc1ccc(S(=O)(=O)N(C)c2ccc(C(=O)Nc3ccccc3)cc2)cc1OC. The van der Waals surface area contributed by atoms with Gasteiger partial charge in [0.2, 0.25) is 0 Å². The Balaban J connectivity index is 1.81. The van der Waals surface area contributed by atoms with Crippen molar-refractivity contribution < 1.29 is 22.7 Å². The van der Waals surface area contributed by atoms with Crippen LogP contribution in [0.4, 0.5) is 11.4 Å². The lowest BCUT2D eigenvalue weighted by atomic mass is 10.2. The maximum absolute atomic E-state index is 13.0. The summed E-state index contributed by atoms with van der Waals surface area (Å²) in [4.78, 5) is 12.4. The normalized spacial score (nSPS) is 10.9. The fraction of sp³-hybridized carbons (Fsp3) is 0.136. The highest BCUT2D eigenvalue weighted by molar-refractivity contribution is 7.92. The third-order valence-corrected chi connectivity index (χ3v) is 6.32. The number of carbonyl (C=O) groups excluding carboxylic acids is 1. The van der Waals surface area contributed by atoms with Gasteiger partial charge in [0.05, 0.1) is 24.8 Å². The molecule has 7 nitrogen and oxygen atoms in total. The molecule has 0 unspecified atom stereocenters. The minimum absolute atomic E-state index is 0.0635. The number of nitrogens with zero attached hydrogens (tertiary/aromatic N) is 1. The molecule has 0 fully saturated rings. The second-order valence-corrected chi connectivity index (χ2v) is 8.33. The maximum Gasteiger partial charge on any atom is 0.264 e. The van der Waals surface area contributed by atoms with Gasteiger partial charge in [-0.25, -0.2) is 8.42 Å². The molecular weight excluding hydrogens is 404 g/mol. The van der Waals surface area contributed by atoms with Crippen LogP contribution in [-0.4, -0.2) is 35.6 Å². The molecule has 1 N–H and O–H groups in total.